The summed E-state index contributed by atoms with van der Waals surface area (Å²) in [4.78, 5) is 70.3. The molecule has 1 aliphatic heterocycles. The zero-order valence-electron chi connectivity index (χ0n) is 25.7. The van der Waals surface area contributed by atoms with Gasteiger partial charge in [0, 0.05) is 42.3 Å². The van der Waals surface area contributed by atoms with Crippen molar-refractivity contribution in [3.63, 3.8) is 0 Å². The summed E-state index contributed by atoms with van der Waals surface area (Å²) in [7, 11) is 0. The quantitative estimate of drug-likeness (QED) is 0.0436. The Bertz CT molecular complexity index is 1990. The number of imide groups is 1. The van der Waals surface area contributed by atoms with Crippen LogP contribution in [-0.2, 0) is 20.7 Å². The zero-order valence-corrected chi connectivity index (χ0v) is 30.5. The molecule has 4 unspecified atom stereocenters. The molecule has 2 fully saturated rings. The molecule has 0 spiro atoms. The third kappa shape index (κ3) is 6.35. The number of pyridine rings is 1. The van der Waals surface area contributed by atoms with Crippen LogP contribution in [0.15, 0.2) is 65.1 Å². The monoisotopic (exact) mass is 839 g/mol. The summed E-state index contributed by atoms with van der Waals surface area (Å²) < 4.78 is 6.21. The molecule has 246 valence electrons. The highest BCUT2D eigenvalue weighted by Gasteiger charge is 2.52. The SMILES string of the molecule is CCc1cc(Br)cc2c(C(=O)OCC(=O)c3ccc(C)c([N+](=O)[O-])c3)cc(-c3ccc(N4C(=O)C5CC(Br)C(Br)CC5C4=O)cc3)nc12. The van der Waals surface area contributed by atoms with Crippen LogP contribution in [-0.4, -0.2) is 49.7 Å². The summed E-state index contributed by atoms with van der Waals surface area (Å²) in [6, 6.07) is 16.3. The molecule has 13 heteroatoms. The second kappa shape index (κ2) is 13.6. The van der Waals surface area contributed by atoms with Gasteiger partial charge >= 0.3 is 5.97 Å². The molecular weight excluding hydrogens is 814 g/mol. The van der Waals surface area contributed by atoms with Gasteiger partial charge in [-0.1, -0.05) is 79.0 Å². The molecule has 48 heavy (non-hydrogen) atoms. The third-order valence-electron chi connectivity index (χ3n) is 8.95. The topological polar surface area (TPSA) is 137 Å². The Hall–Kier alpha value is -3.81. The lowest BCUT2D eigenvalue weighted by Crippen LogP contribution is -2.34. The minimum atomic E-state index is -0.763. The van der Waals surface area contributed by atoms with Gasteiger partial charge in [-0.05, 0) is 62.1 Å². The van der Waals surface area contributed by atoms with Gasteiger partial charge < -0.3 is 4.74 Å². The summed E-state index contributed by atoms with van der Waals surface area (Å²) in [5.74, 6) is -2.50. The summed E-state index contributed by atoms with van der Waals surface area (Å²) >= 11 is 10.8. The van der Waals surface area contributed by atoms with Gasteiger partial charge in [0.2, 0.25) is 17.6 Å². The molecule has 2 heterocycles. The van der Waals surface area contributed by atoms with E-state index >= 15 is 0 Å². The van der Waals surface area contributed by atoms with E-state index in [1.165, 1.54) is 23.1 Å². The van der Waals surface area contributed by atoms with Crippen molar-refractivity contribution < 1.29 is 28.8 Å². The number of benzene rings is 3. The minimum Gasteiger partial charge on any atom is -0.454 e. The average molecular weight is 842 g/mol. The van der Waals surface area contributed by atoms with Gasteiger partial charge in [0.15, 0.2) is 6.61 Å². The zero-order chi connectivity index (χ0) is 34.4. The Morgan fingerprint density at radius 2 is 1.62 bits per heavy atom. The third-order valence-corrected chi connectivity index (χ3v) is 12.1. The molecule has 0 N–H and O–H groups in total. The van der Waals surface area contributed by atoms with Crippen LogP contribution in [0.25, 0.3) is 22.2 Å². The highest BCUT2D eigenvalue weighted by Crippen LogP contribution is 2.44. The first-order chi connectivity index (χ1) is 22.9. The lowest BCUT2D eigenvalue weighted by molar-refractivity contribution is -0.385. The first-order valence-corrected chi connectivity index (χ1v) is 17.8. The highest BCUT2D eigenvalue weighted by molar-refractivity contribution is 9.12. The summed E-state index contributed by atoms with van der Waals surface area (Å²) in [5.41, 5.74) is 3.47. The summed E-state index contributed by atoms with van der Waals surface area (Å²) in [6.07, 6.45) is 1.77. The number of amides is 2. The van der Waals surface area contributed by atoms with Crippen molar-refractivity contribution in [2.75, 3.05) is 11.5 Å². The van der Waals surface area contributed by atoms with Crippen molar-refractivity contribution in [3.8, 4) is 11.3 Å². The molecule has 1 aromatic heterocycles. The molecule has 1 aliphatic carbocycles. The van der Waals surface area contributed by atoms with Crippen LogP contribution >= 0.6 is 47.8 Å². The van der Waals surface area contributed by atoms with Gasteiger partial charge in [-0.2, -0.15) is 0 Å². The van der Waals surface area contributed by atoms with E-state index in [1.807, 2.05) is 13.0 Å². The number of fused-ring (bicyclic) bond motifs is 2. The van der Waals surface area contributed by atoms with E-state index in [4.69, 9.17) is 9.72 Å². The van der Waals surface area contributed by atoms with Crippen LogP contribution < -0.4 is 4.90 Å². The van der Waals surface area contributed by atoms with Gasteiger partial charge in [-0.15, -0.1) is 0 Å². The lowest BCUT2D eigenvalue weighted by Gasteiger charge is -2.29. The molecule has 3 aromatic carbocycles. The molecule has 1 saturated heterocycles. The Balaban J connectivity index is 1.31. The van der Waals surface area contributed by atoms with Crippen LogP contribution in [0.3, 0.4) is 0 Å². The fraction of sp³-hybridized carbons (Fsp3) is 0.286. The van der Waals surface area contributed by atoms with Crippen LogP contribution in [0.5, 0.6) is 0 Å². The Morgan fingerprint density at radius 1 is 0.979 bits per heavy atom. The summed E-state index contributed by atoms with van der Waals surface area (Å²) in [6.45, 7) is 2.93. The van der Waals surface area contributed by atoms with Crippen molar-refractivity contribution in [2.24, 2.45) is 11.8 Å². The predicted octanol–water partition coefficient (Wildman–Crippen LogP) is 7.91. The van der Waals surface area contributed by atoms with Crippen molar-refractivity contribution in [2.45, 2.75) is 42.8 Å². The van der Waals surface area contributed by atoms with Crippen LogP contribution in [0.1, 0.15) is 51.6 Å². The Morgan fingerprint density at radius 3 is 2.23 bits per heavy atom. The molecular formula is C35H28Br3N3O7. The number of hydrogen-bond acceptors (Lipinski definition) is 8. The van der Waals surface area contributed by atoms with Crippen LogP contribution in [0, 0.1) is 28.9 Å². The fourth-order valence-electron chi connectivity index (χ4n) is 6.35. The number of aromatic nitrogens is 1. The second-order valence-corrected chi connectivity index (χ2v) is 15.2. The van der Waals surface area contributed by atoms with Crippen LogP contribution in [0.2, 0.25) is 0 Å². The van der Waals surface area contributed by atoms with Crippen molar-refractivity contribution in [3.05, 3.63) is 97.5 Å². The van der Waals surface area contributed by atoms with E-state index < -0.39 is 23.3 Å². The van der Waals surface area contributed by atoms with Gasteiger partial charge in [0.1, 0.15) is 0 Å². The molecule has 4 atom stereocenters. The van der Waals surface area contributed by atoms with Crippen molar-refractivity contribution in [1.82, 2.24) is 4.98 Å². The number of carbonyl (C=O) groups excluding carboxylic acids is 4. The molecule has 6 rings (SSSR count). The number of carbonyl (C=O) groups is 4. The van der Waals surface area contributed by atoms with Gasteiger partial charge in [-0.3, -0.25) is 29.4 Å². The number of nitrogens with zero attached hydrogens (tertiary/aromatic N) is 3. The number of ether oxygens (including phenoxy) is 1. The highest BCUT2D eigenvalue weighted by atomic mass is 79.9. The standard InChI is InChI=1S/C35H28Br3N3O7/c1-3-18-10-21(36)12-23-26(35(45)48-16-31(42)20-5-4-17(2)30(11-20)41(46)47)15-29(39-32(18)23)19-6-8-22(9-7-19)40-33(43)24-13-27(37)28(38)14-25(24)34(40)44/h4-12,15,24-25,27-28H,3,13-14,16H2,1-2H3. The number of rotatable bonds is 8. The minimum absolute atomic E-state index is 0.0599. The number of hydrogen-bond donors (Lipinski definition) is 0. The Kier molecular flexibility index (Phi) is 9.65. The number of alkyl halides is 2. The number of anilines is 1. The largest absolute Gasteiger partial charge is 0.454 e. The Labute approximate surface area is 300 Å². The van der Waals surface area contributed by atoms with E-state index in [1.54, 1.807) is 43.3 Å². The average Bonchev–Trinajstić information content (AvgIpc) is 3.30. The van der Waals surface area contributed by atoms with Gasteiger partial charge in [0.05, 0.1) is 39.2 Å². The molecule has 10 nitrogen and oxygen atoms in total. The van der Waals surface area contributed by atoms with Gasteiger partial charge in [0.25, 0.3) is 5.69 Å². The van der Waals surface area contributed by atoms with Gasteiger partial charge in [-0.25, -0.2) is 9.78 Å². The first-order valence-electron chi connectivity index (χ1n) is 15.2. The normalized spacial score (nSPS) is 20.6. The van der Waals surface area contributed by atoms with E-state index in [9.17, 15) is 29.3 Å². The van der Waals surface area contributed by atoms with E-state index in [0.717, 1.165) is 10.0 Å². The predicted molar refractivity (Wildman–Crippen MR) is 191 cm³/mol. The molecule has 2 amide bonds. The van der Waals surface area contributed by atoms with Crippen LogP contribution in [0.4, 0.5) is 11.4 Å². The van der Waals surface area contributed by atoms with E-state index in [-0.39, 0.29) is 50.1 Å². The maximum Gasteiger partial charge on any atom is 0.339 e. The van der Waals surface area contributed by atoms with Crippen molar-refractivity contribution in [1.29, 1.82) is 0 Å². The maximum atomic E-state index is 13.6. The fourth-order valence-corrected chi connectivity index (χ4v) is 8.09. The smallest absolute Gasteiger partial charge is 0.339 e. The molecule has 2 aliphatic rings. The van der Waals surface area contributed by atoms with E-state index in [0.29, 0.717) is 52.7 Å². The number of nitro benzene ring substituents is 1. The number of Topliss-reactive ketones (excluding diaryl/α,β-unsaturated/α-hetero) is 1. The first kappa shape index (κ1) is 34.1. The lowest BCUT2D eigenvalue weighted by atomic mass is 9.81. The molecule has 0 bridgehead atoms. The number of halogens is 3. The number of aryl methyl sites for hydroxylation is 2. The van der Waals surface area contributed by atoms with Crippen molar-refractivity contribution >= 4 is 93.6 Å². The van der Waals surface area contributed by atoms with E-state index in [2.05, 4.69) is 47.8 Å². The number of esters is 1. The molecule has 1 saturated carbocycles. The second-order valence-electron chi connectivity index (χ2n) is 11.9. The molecule has 0 radical (unpaired) electrons. The number of ketones is 1. The maximum absolute atomic E-state index is 13.6. The summed E-state index contributed by atoms with van der Waals surface area (Å²) in [5, 5.41) is 11.9. The number of nitro groups is 1. The molecule has 4 aromatic rings.